The van der Waals surface area contributed by atoms with Crippen LogP contribution in [0.5, 0.6) is 11.5 Å². The lowest BCUT2D eigenvalue weighted by atomic mass is 10.0. The van der Waals surface area contributed by atoms with Gasteiger partial charge in [0.25, 0.3) is 10.0 Å². The Hall–Kier alpha value is -2.65. The third-order valence-electron chi connectivity index (χ3n) is 7.92. The number of aryl methyl sites for hydroxylation is 1. The van der Waals surface area contributed by atoms with E-state index < -0.39 is 10.0 Å². The second-order valence-corrected chi connectivity index (χ2v) is 13.2. The number of nitrogens with two attached hydrogens (primary N) is 1. The van der Waals surface area contributed by atoms with E-state index in [1.54, 1.807) is 18.2 Å². The van der Waals surface area contributed by atoms with Gasteiger partial charge in [-0.25, -0.2) is 8.42 Å². The fourth-order valence-electron chi connectivity index (χ4n) is 5.40. The first-order valence-electron chi connectivity index (χ1n) is 16.0. The van der Waals surface area contributed by atoms with Crippen molar-refractivity contribution in [1.82, 2.24) is 0 Å². The second-order valence-electron chi connectivity index (χ2n) is 11.5. The summed E-state index contributed by atoms with van der Waals surface area (Å²) in [4.78, 5) is 2.03. The molecule has 236 valence electrons. The van der Waals surface area contributed by atoms with E-state index in [9.17, 15) is 13.5 Å². The maximum absolute atomic E-state index is 13.5. The van der Waals surface area contributed by atoms with E-state index in [0.29, 0.717) is 50.0 Å². The summed E-state index contributed by atoms with van der Waals surface area (Å²) in [5, 5.41) is 10.6. The van der Waals surface area contributed by atoms with Crippen LogP contribution in [0.3, 0.4) is 0 Å². The lowest BCUT2D eigenvalue weighted by Crippen LogP contribution is -2.37. The predicted octanol–water partition coefficient (Wildman–Crippen LogP) is 7.78. The molecule has 1 fully saturated rings. The summed E-state index contributed by atoms with van der Waals surface area (Å²) in [5.41, 5.74) is 7.69. The first kappa shape index (κ1) is 33.8. The number of hydrogen-bond acceptors (Lipinski definition) is 7. The van der Waals surface area contributed by atoms with Gasteiger partial charge in [0.05, 0.1) is 31.2 Å². The van der Waals surface area contributed by atoms with Crippen molar-refractivity contribution in [3.05, 3.63) is 35.9 Å². The highest BCUT2D eigenvalue weighted by molar-refractivity contribution is 7.93. The second kappa shape index (κ2) is 18.1. The molecule has 2 aromatic rings. The van der Waals surface area contributed by atoms with Crippen LogP contribution in [0.15, 0.2) is 35.2 Å². The van der Waals surface area contributed by atoms with Gasteiger partial charge in [-0.3, -0.25) is 4.72 Å². The standard InChI is InChI=1S/C33H53N3O5S/c1-3-4-5-6-7-8-9-10-11-12-13-14-15-16-21-41-32-26-29(31(37)24-27(32)2)35-42(38,39)33-25-28(34)17-18-30(33)36-19-22-40-23-20-36/h17-18,24-26,35,37H,3-16,19-23,34H2,1-2H3. The third kappa shape index (κ3) is 11.2. The van der Waals surface area contributed by atoms with Crippen LogP contribution in [-0.4, -0.2) is 46.4 Å². The number of unbranched alkanes of at least 4 members (excludes halogenated alkanes) is 13. The molecule has 0 bridgehead atoms. The van der Waals surface area contributed by atoms with Crippen molar-refractivity contribution in [2.24, 2.45) is 0 Å². The Morgan fingerprint density at radius 1 is 0.881 bits per heavy atom. The third-order valence-corrected chi connectivity index (χ3v) is 9.31. The lowest BCUT2D eigenvalue weighted by Gasteiger charge is -2.30. The molecule has 0 radical (unpaired) electrons. The quantitative estimate of drug-likeness (QED) is 0.0804. The van der Waals surface area contributed by atoms with Gasteiger partial charge < -0.3 is 25.2 Å². The molecule has 1 heterocycles. The maximum atomic E-state index is 13.5. The topological polar surface area (TPSA) is 114 Å². The van der Waals surface area contributed by atoms with Crippen molar-refractivity contribution in [2.75, 3.05) is 48.3 Å². The highest BCUT2D eigenvalue weighted by Crippen LogP contribution is 2.35. The molecular weight excluding hydrogens is 550 g/mol. The van der Waals surface area contributed by atoms with Gasteiger partial charge in [0, 0.05) is 24.8 Å². The summed E-state index contributed by atoms with van der Waals surface area (Å²) >= 11 is 0. The van der Waals surface area contributed by atoms with Crippen LogP contribution >= 0.6 is 0 Å². The molecule has 0 aromatic heterocycles. The Kier molecular flexibility index (Phi) is 14.6. The number of aromatic hydroxyl groups is 1. The zero-order valence-corrected chi connectivity index (χ0v) is 26.7. The van der Waals surface area contributed by atoms with Crippen molar-refractivity contribution in [1.29, 1.82) is 0 Å². The van der Waals surface area contributed by atoms with Gasteiger partial charge in [-0.1, -0.05) is 90.4 Å². The number of rotatable bonds is 20. The number of anilines is 3. The number of sulfonamides is 1. The molecule has 0 amide bonds. The van der Waals surface area contributed by atoms with Crippen LogP contribution in [0.4, 0.5) is 17.1 Å². The van der Waals surface area contributed by atoms with Gasteiger partial charge in [0.15, 0.2) is 0 Å². The fraction of sp³-hybridized carbons (Fsp3) is 0.636. The average Bonchev–Trinajstić information content (AvgIpc) is 2.97. The molecule has 8 nitrogen and oxygen atoms in total. The van der Waals surface area contributed by atoms with E-state index in [0.717, 1.165) is 18.4 Å². The molecule has 0 spiro atoms. The molecule has 4 N–H and O–H groups in total. The Bertz CT molecular complexity index is 1180. The zero-order chi connectivity index (χ0) is 30.2. The van der Waals surface area contributed by atoms with Crippen molar-refractivity contribution in [2.45, 2.75) is 109 Å². The molecule has 9 heteroatoms. The van der Waals surface area contributed by atoms with Crippen LogP contribution in [0.25, 0.3) is 0 Å². The minimum absolute atomic E-state index is 0.0641. The number of ether oxygens (including phenoxy) is 2. The van der Waals surface area contributed by atoms with Gasteiger partial charge in [0.2, 0.25) is 0 Å². The molecule has 3 rings (SSSR count). The molecule has 0 unspecified atom stereocenters. The highest BCUT2D eigenvalue weighted by Gasteiger charge is 2.25. The van der Waals surface area contributed by atoms with E-state index >= 15 is 0 Å². The summed E-state index contributed by atoms with van der Waals surface area (Å²) in [6.45, 7) is 6.87. The number of nitrogens with one attached hydrogen (secondary N) is 1. The fourth-order valence-corrected chi connectivity index (χ4v) is 6.73. The number of morpholine rings is 1. The highest BCUT2D eigenvalue weighted by atomic mass is 32.2. The van der Waals surface area contributed by atoms with Crippen molar-refractivity contribution in [3.63, 3.8) is 0 Å². The molecule has 2 aromatic carbocycles. The van der Waals surface area contributed by atoms with E-state index in [2.05, 4.69) is 11.6 Å². The van der Waals surface area contributed by atoms with Gasteiger partial charge in [-0.15, -0.1) is 0 Å². The summed E-state index contributed by atoms with van der Waals surface area (Å²) in [6, 6.07) is 7.95. The first-order chi connectivity index (χ1) is 20.3. The summed E-state index contributed by atoms with van der Waals surface area (Å²) in [7, 11) is -4.05. The Labute approximate surface area is 254 Å². The van der Waals surface area contributed by atoms with E-state index in [4.69, 9.17) is 15.2 Å². The Morgan fingerprint density at radius 2 is 1.45 bits per heavy atom. The smallest absolute Gasteiger partial charge is 0.264 e. The summed E-state index contributed by atoms with van der Waals surface area (Å²) in [5.74, 6) is 0.401. The number of benzene rings is 2. The minimum Gasteiger partial charge on any atom is -0.506 e. The lowest BCUT2D eigenvalue weighted by molar-refractivity contribution is 0.122. The van der Waals surface area contributed by atoms with Crippen molar-refractivity contribution >= 4 is 27.1 Å². The SMILES string of the molecule is CCCCCCCCCCCCCCCCOc1cc(NS(=O)(=O)c2cc(N)ccc2N2CCOCC2)c(O)cc1C. The molecule has 1 aliphatic heterocycles. The van der Waals surface area contributed by atoms with Crippen LogP contribution in [0.2, 0.25) is 0 Å². The molecule has 1 saturated heterocycles. The van der Waals surface area contributed by atoms with Crippen LogP contribution < -0.4 is 20.1 Å². The Balaban J connectivity index is 1.44. The molecule has 0 saturated carbocycles. The molecule has 0 aliphatic carbocycles. The van der Waals surface area contributed by atoms with Gasteiger partial charge in [-0.05, 0) is 43.2 Å². The van der Waals surface area contributed by atoms with E-state index in [1.807, 2.05) is 11.8 Å². The molecule has 0 atom stereocenters. The van der Waals surface area contributed by atoms with Crippen LogP contribution in [0, 0.1) is 6.92 Å². The van der Waals surface area contributed by atoms with E-state index in [-0.39, 0.29) is 16.3 Å². The number of nitrogen functional groups attached to an aromatic ring is 1. The van der Waals surface area contributed by atoms with Crippen LogP contribution in [0.1, 0.15) is 102 Å². The van der Waals surface area contributed by atoms with E-state index in [1.165, 1.54) is 89.2 Å². The normalized spacial score (nSPS) is 13.8. The average molecular weight is 604 g/mol. The summed E-state index contributed by atoms with van der Waals surface area (Å²) < 4.78 is 41.0. The van der Waals surface area contributed by atoms with Crippen LogP contribution in [-0.2, 0) is 14.8 Å². The number of phenolic OH excluding ortho intramolecular Hbond substituents is 1. The monoisotopic (exact) mass is 603 g/mol. The molecule has 1 aliphatic rings. The minimum atomic E-state index is -4.05. The summed E-state index contributed by atoms with van der Waals surface area (Å²) in [6.07, 6.45) is 18.1. The number of phenols is 1. The van der Waals surface area contributed by atoms with Gasteiger partial charge in [-0.2, -0.15) is 0 Å². The number of hydrogen-bond donors (Lipinski definition) is 3. The van der Waals surface area contributed by atoms with Crippen molar-refractivity contribution < 1.29 is 23.0 Å². The predicted molar refractivity (Wildman–Crippen MR) is 173 cm³/mol. The largest absolute Gasteiger partial charge is 0.506 e. The zero-order valence-electron chi connectivity index (χ0n) is 25.8. The van der Waals surface area contributed by atoms with Gasteiger partial charge >= 0.3 is 0 Å². The number of nitrogens with zero attached hydrogens (tertiary/aromatic N) is 1. The molecular formula is C33H53N3O5S. The maximum Gasteiger partial charge on any atom is 0.264 e. The molecule has 42 heavy (non-hydrogen) atoms. The van der Waals surface area contributed by atoms with Gasteiger partial charge in [0.1, 0.15) is 16.4 Å². The first-order valence-corrected chi connectivity index (χ1v) is 17.5. The van der Waals surface area contributed by atoms with Crippen molar-refractivity contribution in [3.8, 4) is 11.5 Å². The Morgan fingerprint density at radius 3 is 2.05 bits per heavy atom.